The van der Waals surface area contributed by atoms with Crippen molar-refractivity contribution in [3.05, 3.63) is 47.7 Å². The average molecular weight is 347 g/mol. The van der Waals surface area contributed by atoms with Crippen LogP contribution < -0.4 is 27.2 Å². The van der Waals surface area contributed by atoms with E-state index in [1.54, 1.807) is 0 Å². The number of hydrogen-bond acceptors (Lipinski definition) is 1. The summed E-state index contributed by atoms with van der Waals surface area (Å²) in [5.74, 6) is 0. The third kappa shape index (κ3) is 2.44. The highest BCUT2D eigenvalue weighted by Gasteiger charge is 2.37. The number of fused-ring (bicyclic) bond motifs is 3. The normalized spacial score (nSPS) is 16.0. The van der Waals surface area contributed by atoms with Crippen molar-refractivity contribution in [2.75, 3.05) is 20.6 Å². The molecule has 21 heavy (non-hydrogen) atoms. The van der Waals surface area contributed by atoms with Crippen molar-refractivity contribution >= 4 is 22.0 Å². The fourth-order valence-electron chi connectivity index (χ4n) is 3.40. The lowest BCUT2D eigenvalue weighted by Gasteiger charge is -2.27. The lowest BCUT2D eigenvalue weighted by molar-refractivity contribution is -0.00000421. The highest BCUT2D eigenvalue weighted by molar-refractivity contribution is 6.02. The Morgan fingerprint density at radius 2 is 1.76 bits per heavy atom. The number of rotatable bonds is 3. The summed E-state index contributed by atoms with van der Waals surface area (Å²) >= 11 is 0. The molecule has 3 rings (SSSR count). The number of allylic oxidation sites excluding steroid dienone is 2. The second-order valence-electron chi connectivity index (χ2n) is 6.09. The van der Waals surface area contributed by atoms with Crippen molar-refractivity contribution in [3.8, 4) is 0 Å². The monoisotopic (exact) mass is 346 g/mol. The Hall–Kier alpha value is -1.16. The van der Waals surface area contributed by atoms with Crippen LogP contribution in [0.3, 0.4) is 0 Å². The molecule has 0 saturated carbocycles. The minimum absolute atomic E-state index is 0. The molecular weight excluding hydrogens is 324 g/mol. The zero-order valence-corrected chi connectivity index (χ0v) is 14.6. The lowest BCUT2D eigenvalue weighted by atomic mass is 9.97. The first-order valence-electron chi connectivity index (χ1n) is 7.34. The van der Waals surface area contributed by atoms with Gasteiger partial charge in [-0.25, -0.2) is 0 Å². The van der Waals surface area contributed by atoms with Crippen molar-refractivity contribution < 1.29 is 17.0 Å². The van der Waals surface area contributed by atoms with E-state index in [1.807, 2.05) is 0 Å². The van der Waals surface area contributed by atoms with Gasteiger partial charge in [0.1, 0.15) is 5.70 Å². The van der Waals surface area contributed by atoms with Gasteiger partial charge in [-0.05, 0) is 36.9 Å². The van der Waals surface area contributed by atoms with Gasteiger partial charge in [-0.3, -0.25) is 4.48 Å². The van der Waals surface area contributed by atoms with Gasteiger partial charge in [-0.1, -0.05) is 24.3 Å². The van der Waals surface area contributed by atoms with Crippen LogP contribution in [0.25, 0.3) is 16.3 Å². The Bertz CT molecular complexity index is 701. The van der Waals surface area contributed by atoms with E-state index < -0.39 is 0 Å². The molecule has 3 heteroatoms. The molecule has 0 aliphatic carbocycles. The highest BCUT2D eigenvalue weighted by Crippen LogP contribution is 2.48. The van der Waals surface area contributed by atoms with Gasteiger partial charge in [-0.15, -0.1) is 0 Å². The van der Waals surface area contributed by atoms with Crippen molar-refractivity contribution in [2.24, 2.45) is 5.73 Å². The smallest absolute Gasteiger partial charge is 0.152 e. The minimum atomic E-state index is 0. The number of halogens is 1. The lowest BCUT2D eigenvalue weighted by Crippen LogP contribution is -3.00. The van der Waals surface area contributed by atoms with Crippen LogP contribution in [0.15, 0.2) is 42.1 Å². The molecule has 0 aromatic heterocycles. The van der Waals surface area contributed by atoms with Gasteiger partial charge in [0.25, 0.3) is 0 Å². The molecule has 0 unspecified atom stereocenters. The Kier molecular flexibility index (Phi) is 4.57. The molecule has 112 valence electrons. The van der Waals surface area contributed by atoms with Crippen LogP contribution in [-0.2, 0) is 0 Å². The van der Waals surface area contributed by atoms with Gasteiger partial charge in [-0.2, -0.15) is 0 Å². The third-order valence-electron chi connectivity index (χ3n) is 4.69. The summed E-state index contributed by atoms with van der Waals surface area (Å²) in [6.07, 6.45) is 2.13. The van der Waals surface area contributed by atoms with Crippen molar-refractivity contribution in [3.63, 3.8) is 0 Å². The van der Waals surface area contributed by atoms with Crippen LogP contribution in [0, 0.1) is 0 Å². The summed E-state index contributed by atoms with van der Waals surface area (Å²) in [6, 6.07) is 13.2. The maximum atomic E-state index is 5.70. The maximum Gasteiger partial charge on any atom is 0.152 e. The molecule has 1 heterocycles. The first-order chi connectivity index (χ1) is 9.57. The number of hydrogen-bond donors (Lipinski definition) is 1. The van der Waals surface area contributed by atoms with E-state index in [0.29, 0.717) is 0 Å². The molecule has 2 nitrogen and oxygen atoms in total. The van der Waals surface area contributed by atoms with Crippen molar-refractivity contribution in [1.82, 2.24) is 4.48 Å². The fraction of sp³-hybridized carbons (Fsp3) is 0.333. The molecule has 2 N–H and O–H groups in total. The molecule has 0 fully saturated rings. The molecule has 0 saturated heterocycles. The maximum absolute atomic E-state index is 5.70. The van der Waals surface area contributed by atoms with Crippen LogP contribution in [0.5, 0.6) is 0 Å². The zero-order valence-electron chi connectivity index (χ0n) is 13.0. The zero-order chi connectivity index (χ0) is 14.3. The molecule has 2 aromatic rings. The second-order valence-corrected chi connectivity index (χ2v) is 6.09. The summed E-state index contributed by atoms with van der Waals surface area (Å²) in [5.41, 5.74) is 11.5. The molecule has 2 aromatic carbocycles. The Balaban J connectivity index is 0.00000161. The standard InChI is InChI=1S/C18H23N2.BrH/c1-13-15(9-6-12-19)17-11-10-14-7-4-5-8-16(14)18(17)20(13,2)3;/h4-5,7-8,10-11H,6,9,12,19H2,1-3H3;1H/q+1;/p-1. The Labute approximate surface area is 137 Å². The van der Waals surface area contributed by atoms with Gasteiger partial charge in [0, 0.05) is 23.4 Å². The molecule has 1 aliphatic rings. The summed E-state index contributed by atoms with van der Waals surface area (Å²) < 4.78 is 0.858. The first-order valence-corrected chi connectivity index (χ1v) is 7.34. The van der Waals surface area contributed by atoms with E-state index in [0.717, 1.165) is 23.9 Å². The van der Waals surface area contributed by atoms with Gasteiger partial charge in [0.05, 0.1) is 14.1 Å². The Morgan fingerprint density at radius 1 is 1.05 bits per heavy atom. The van der Waals surface area contributed by atoms with Crippen molar-refractivity contribution in [2.45, 2.75) is 19.8 Å². The molecule has 0 spiro atoms. The second kappa shape index (κ2) is 5.91. The van der Waals surface area contributed by atoms with Gasteiger partial charge in [0.15, 0.2) is 5.69 Å². The summed E-state index contributed by atoms with van der Waals surface area (Å²) in [6.45, 7) is 3.02. The van der Waals surface area contributed by atoms with E-state index >= 15 is 0 Å². The first kappa shape index (κ1) is 16.2. The van der Waals surface area contributed by atoms with Crippen molar-refractivity contribution in [1.29, 1.82) is 0 Å². The van der Waals surface area contributed by atoms with Gasteiger partial charge < -0.3 is 22.7 Å². The summed E-state index contributed by atoms with van der Waals surface area (Å²) in [5, 5.41) is 2.70. The van der Waals surface area contributed by atoms with Gasteiger partial charge in [0.2, 0.25) is 0 Å². The molecule has 0 bridgehead atoms. The van der Waals surface area contributed by atoms with Crippen LogP contribution in [0.4, 0.5) is 5.69 Å². The molecule has 0 amide bonds. The summed E-state index contributed by atoms with van der Waals surface area (Å²) in [4.78, 5) is 0. The number of benzene rings is 2. The SMILES string of the molecule is CC1=C(CCCN)c2ccc3ccccc3c2[N+]1(C)C.[Br-]. The van der Waals surface area contributed by atoms with E-state index in [4.69, 9.17) is 5.73 Å². The van der Waals surface area contributed by atoms with Crippen LogP contribution in [0.2, 0.25) is 0 Å². The minimum Gasteiger partial charge on any atom is -1.00 e. The average Bonchev–Trinajstić information content (AvgIpc) is 2.65. The van der Waals surface area contributed by atoms with Crippen LogP contribution in [0.1, 0.15) is 25.3 Å². The number of nitrogens with two attached hydrogens (primary N) is 1. The summed E-state index contributed by atoms with van der Waals surface area (Å²) in [7, 11) is 4.58. The predicted octanol–water partition coefficient (Wildman–Crippen LogP) is 0.894. The number of nitrogens with zero attached hydrogens (tertiary/aromatic N) is 1. The van der Waals surface area contributed by atoms with E-state index in [1.165, 1.54) is 33.3 Å². The van der Waals surface area contributed by atoms with E-state index in [-0.39, 0.29) is 17.0 Å². The largest absolute Gasteiger partial charge is 1.00 e. The quantitative estimate of drug-likeness (QED) is 0.821. The van der Waals surface area contributed by atoms with Crippen LogP contribution in [-0.4, -0.2) is 20.6 Å². The number of quaternary nitrogens is 1. The van der Waals surface area contributed by atoms with E-state index in [9.17, 15) is 0 Å². The molecule has 0 atom stereocenters. The van der Waals surface area contributed by atoms with Gasteiger partial charge >= 0.3 is 0 Å². The fourth-order valence-corrected chi connectivity index (χ4v) is 3.40. The molecule has 1 aliphatic heterocycles. The molecule has 0 radical (unpaired) electrons. The van der Waals surface area contributed by atoms with Crippen LogP contribution >= 0.6 is 0 Å². The molecular formula is C18H23BrN2. The Morgan fingerprint density at radius 3 is 2.48 bits per heavy atom. The third-order valence-corrected chi connectivity index (χ3v) is 4.69. The predicted molar refractivity (Wildman–Crippen MR) is 88.5 cm³/mol. The van der Waals surface area contributed by atoms with E-state index in [2.05, 4.69) is 57.4 Å². The topological polar surface area (TPSA) is 26.0 Å². The highest BCUT2D eigenvalue weighted by atomic mass is 79.9.